The number of nitrogens with one attached hydrogen (secondary N) is 2. The zero-order chi connectivity index (χ0) is 22.4. The number of halogens is 4. The van der Waals surface area contributed by atoms with Gasteiger partial charge < -0.3 is 10.2 Å². The molecule has 31 heavy (non-hydrogen) atoms. The Kier molecular flexibility index (Phi) is 5.12. The topological polar surface area (TPSA) is 91.4 Å². The predicted molar refractivity (Wildman–Crippen MR) is 103 cm³/mol. The first kappa shape index (κ1) is 21.1. The van der Waals surface area contributed by atoms with Crippen molar-refractivity contribution in [3.05, 3.63) is 63.9 Å². The first-order valence-corrected chi connectivity index (χ1v) is 9.69. The maximum Gasteiger partial charge on any atom is 0.417 e. The zero-order valence-corrected chi connectivity index (χ0v) is 16.7. The molecule has 11 heteroatoms. The summed E-state index contributed by atoms with van der Waals surface area (Å²) in [5.41, 5.74) is -1.24. The number of imide groups is 1. The highest BCUT2D eigenvalue weighted by atomic mass is 35.5. The molecule has 0 spiro atoms. The van der Waals surface area contributed by atoms with Crippen LogP contribution >= 0.6 is 11.6 Å². The molecule has 1 saturated heterocycles. The first-order chi connectivity index (χ1) is 14.6. The lowest BCUT2D eigenvalue weighted by molar-refractivity contribution is -0.137. The quantitative estimate of drug-likeness (QED) is 0.697. The van der Waals surface area contributed by atoms with Crippen LogP contribution in [0.3, 0.4) is 0 Å². The van der Waals surface area contributed by atoms with E-state index in [0.717, 1.165) is 6.07 Å². The molecule has 0 unspecified atom stereocenters. The highest BCUT2D eigenvalue weighted by Crippen LogP contribution is 2.39. The van der Waals surface area contributed by atoms with Crippen molar-refractivity contribution in [1.82, 2.24) is 20.5 Å². The van der Waals surface area contributed by atoms with Gasteiger partial charge in [-0.15, -0.1) is 0 Å². The molecule has 1 atom stereocenters. The number of hydrogen-bond acceptors (Lipinski definition) is 4. The van der Waals surface area contributed by atoms with Gasteiger partial charge in [0.2, 0.25) is 5.91 Å². The maximum absolute atomic E-state index is 13.1. The molecule has 162 valence electrons. The molecule has 1 fully saturated rings. The third kappa shape index (κ3) is 3.83. The Morgan fingerprint density at radius 3 is 2.48 bits per heavy atom. The van der Waals surface area contributed by atoms with Gasteiger partial charge in [-0.25, -0.2) is 4.79 Å². The van der Waals surface area contributed by atoms with Crippen molar-refractivity contribution in [1.29, 1.82) is 0 Å². The van der Waals surface area contributed by atoms with Gasteiger partial charge in [0.05, 0.1) is 16.3 Å². The van der Waals surface area contributed by atoms with Crippen LogP contribution in [-0.2, 0) is 34.4 Å². The van der Waals surface area contributed by atoms with Gasteiger partial charge in [0.1, 0.15) is 0 Å². The lowest BCUT2D eigenvalue weighted by atomic mass is 9.89. The van der Waals surface area contributed by atoms with E-state index in [4.69, 9.17) is 11.6 Å². The van der Waals surface area contributed by atoms with E-state index < -0.39 is 34.2 Å². The summed E-state index contributed by atoms with van der Waals surface area (Å²) in [5, 5.41) is 4.30. The van der Waals surface area contributed by atoms with Crippen molar-refractivity contribution in [2.45, 2.75) is 37.6 Å². The summed E-state index contributed by atoms with van der Waals surface area (Å²) in [5.74, 6) is -0.986. The van der Waals surface area contributed by atoms with E-state index in [9.17, 15) is 27.6 Å². The summed E-state index contributed by atoms with van der Waals surface area (Å²) in [6.45, 7) is 0.116. The molecule has 0 radical (unpaired) electrons. The Labute approximate surface area is 179 Å². The van der Waals surface area contributed by atoms with Crippen molar-refractivity contribution in [3.8, 4) is 0 Å². The van der Waals surface area contributed by atoms with Crippen LogP contribution in [0.1, 0.15) is 35.2 Å². The molecule has 2 aromatic rings. The second kappa shape index (κ2) is 7.52. The molecule has 4 rings (SSSR count). The summed E-state index contributed by atoms with van der Waals surface area (Å²) in [7, 11) is 0. The smallest absolute Gasteiger partial charge is 0.334 e. The van der Waals surface area contributed by atoms with Crippen molar-refractivity contribution >= 4 is 29.4 Å². The number of alkyl halides is 3. The minimum Gasteiger partial charge on any atom is -0.334 e. The van der Waals surface area contributed by atoms with Gasteiger partial charge in [0.15, 0.2) is 5.54 Å². The fourth-order valence-electron chi connectivity index (χ4n) is 3.86. The molecular weight excluding hydrogens is 437 g/mol. The van der Waals surface area contributed by atoms with Crippen LogP contribution in [0.4, 0.5) is 18.0 Å². The predicted octanol–water partition coefficient (Wildman–Crippen LogP) is 3.11. The van der Waals surface area contributed by atoms with Gasteiger partial charge in [0, 0.05) is 25.7 Å². The molecule has 1 aromatic carbocycles. The molecule has 7 nitrogen and oxygen atoms in total. The van der Waals surface area contributed by atoms with Gasteiger partial charge in [-0.3, -0.25) is 19.9 Å². The molecule has 0 aliphatic carbocycles. The average molecular weight is 453 g/mol. The van der Waals surface area contributed by atoms with Crippen LogP contribution in [0.5, 0.6) is 0 Å². The van der Waals surface area contributed by atoms with Crippen LogP contribution in [0.25, 0.3) is 0 Å². The van der Waals surface area contributed by atoms with Gasteiger partial charge >= 0.3 is 12.2 Å². The number of benzene rings is 1. The first-order valence-electron chi connectivity index (χ1n) is 9.31. The van der Waals surface area contributed by atoms with Crippen LogP contribution in [-0.4, -0.2) is 27.7 Å². The Hall–Kier alpha value is -3.14. The number of urea groups is 1. The molecule has 3 heterocycles. The van der Waals surface area contributed by atoms with Gasteiger partial charge in [0.25, 0.3) is 5.91 Å². The Balaban J connectivity index is 1.51. The second-order valence-electron chi connectivity index (χ2n) is 7.38. The van der Waals surface area contributed by atoms with E-state index >= 15 is 0 Å². The summed E-state index contributed by atoms with van der Waals surface area (Å²) in [6, 6.07) is 6.38. The third-order valence-corrected chi connectivity index (χ3v) is 5.74. The van der Waals surface area contributed by atoms with Crippen molar-refractivity contribution in [3.63, 3.8) is 0 Å². The summed E-state index contributed by atoms with van der Waals surface area (Å²) < 4.78 is 39.3. The number of carbonyl (C=O) groups excluding carboxylic acids is 3. The fraction of sp³-hybridized carbons (Fsp3) is 0.300. The number of hydrogen-bond donors (Lipinski definition) is 2. The van der Waals surface area contributed by atoms with Crippen molar-refractivity contribution in [2.75, 3.05) is 0 Å². The average Bonchev–Trinajstić information content (AvgIpc) is 3.25. The number of nitrogens with zero attached hydrogens (tertiary/aromatic N) is 2. The molecule has 2 aliphatic heterocycles. The zero-order valence-electron chi connectivity index (χ0n) is 15.9. The lowest BCUT2D eigenvalue weighted by Crippen LogP contribution is -2.45. The highest BCUT2D eigenvalue weighted by molar-refractivity contribution is 6.31. The second-order valence-corrected chi connectivity index (χ2v) is 7.78. The van der Waals surface area contributed by atoms with Crippen LogP contribution in [0.2, 0.25) is 5.02 Å². The lowest BCUT2D eigenvalue weighted by Gasteiger charge is -2.26. The van der Waals surface area contributed by atoms with Gasteiger partial charge in [-0.2, -0.15) is 13.2 Å². The van der Waals surface area contributed by atoms with E-state index in [1.165, 1.54) is 17.2 Å². The number of fused-ring (bicyclic) bond motifs is 1. The van der Waals surface area contributed by atoms with Crippen LogP contribution in [0, 0.1) is 0 Å². The minimum absolute atomic E-state index is 0.00353. The van der Waals surface area contributed by atoms with E-state index in [1.54, 1.807) is 18.2 Å². The molecule has 2 N–H and O–H groups in total. The highest BCUT2D eigenvalue weighted by Gasteiger charge is 2.49. The number of amides is 4. The molecule has 0 saturated carbocycles. The number of carbonyl (C=O) groups is 3. The van der Waals surface area contributed by atoms with Crippen molar-refractivity contribution in [2.24, 2.45) is 0 Å². The number of rotatable bonds is 4. The Bertz CT molecular complexity index is 1080. The van der Waals surface area contributed by atoms with Crippen LogP contribution in [0.15, 0.2) is 36.5 Å². The van der Waals surface area contributed by atoms with Crippen LogP contribution < -0.4 is 10.6 Å². The molecular formula is C20H16ClF3N4O3. The molecule has 4 amide bonds. The Morgan fingerprint density at radius 1 is 1.19 bits per heavy atom. The largest absolute Gasteiger partial charge is 0.417 e. The monoisotopic (exact) mass is 452 g/mol. The number of pyridine rings is 1. The van der Waals surface area contributed by atoms with E-state index in [0.29, 0.717) is 11.1 Å². The third-order valence-electron chi connectivity index (χ3n) is 5.43. The standard InChI is InChI=1S/C20H16ClF3N4O3/c21-14-8-12-10-28(9-11(12)7-13(14)20(22,23)24)16(29)4-5-19(15-3-1-2-6-25-15)17(30)26-18(31)27-19/h1-3,6-8H,4-5,9-10H2,(H2,26,27,30,31)/t19-/m1/s1. The summed E-state index contributed by atoms with van der Waals surface area (Å²) >= 11 is 5.77. The van der Waals surface area contributed by atoms with Gasteiger partial charge in [-0.1, -0.05) is 17.7 Å². The minimum atomic E-state index is -4.59. The summed E-state index contributed by atoms with van der Waals surface area (Å²) in [4.78, 5) is 42.6. The van der Waals surface area contributed by atoms with E-state index in [2.05, 4.69) is 15.6 Å². The fourth-order valence-corrected chi connectivity index (χ4v) is 4.15. The SMILES string of the molecule is O=C1NC(=O)[C@@](CCC(=O)N2Cc3cc(Cl)c(C(F)(F)F)cc3C2)(c2ccccn2)N1. The Morgan fingerprint density at radius 2 is 1.90 bits per heavy atom. The van der Waals surface area contributed by atoms with Gasteiger partial charge in [-0.05, 0) is 41.8 Å². The van der Waals surface area contributed by atoms with E-state index in [1.807, 2.05) is 0 Å². The molecule has 0 bridgehead atoms. The summed E-state index contributed by atoms with van der Waals surface area (Å²) in [6.07, 6.45) is -3.30. The van der Waals surface area contributed by atoms with Crippen molar-refractivity contribution < 1.29 is 27.6 Å². The van der Waals surface area contributed by atoms with E-state index in [-0.39, 0.29) is 37.5 Å². The maximum atomic E-state index is 13.1. The molecule has 2 aliphatic rings. The molecule has 1 aromatic heterocycles. The normalized spacial score (nSPS) is 20.5. The number of aromatic nitrogens is 1.